The molecule has 3 aromatic carbocycles. The summed E-state index contributed by atoms with van der Waals surface area (Å²) in [5.41, 5.74) is -0.430. The zero-order valence-corrected chi connectivity index (χ0v) is 17.5. The van der Waals surface area contributed by atoms with Gasteiger partial charge in [0, 0.05) is 27.9 Å². The van der Waals surface area contributed by atoms with Gasteiger partial charge >= 0.3 is 6.11 Å². The van der Waals surface area contributed by atoms with E-state index in [9.17, 15) is 26.3 Å². The number of hydrogen-bond acceptors (Lipinski definition) is 1. The van der Waals surface area contributed by atoms with Crippen molar-refractivity contribution in [1.29, 1.82) is 0 Å². The number of halogens is 6. The predicted molar refractivity (Wildman–Crippen MR) is 101 cm³/mol. The van der Waals surface area contributed by atoms with Crippen LogP contribution in [-0.2, 0) is 12.2 Å². The molecule has 0 spiro atoms. The van der Waals surface area contributed by atoms with Gasteiger partial charge in [-0.3, -0.25) is 0 Å². The van der Waals surface area contributed by atoms with Gasteiger partial charge < -0.3 is 4.74 Å². The molecule has 0 saturated carbocycles. The van der Waals surface area contributed by atoms with E-state index in [1.54, 1.807) is 24.3 Å². The van der Waals surface area contributed by atoms with Crippen molar-refractivity contribution in [3.63, 3.8) is 0 Å². The van der Waals surface area contributed by atoms with Crippen molar-refractivity contribution in [2.75, 3.05) is 0 Å². The molecular formula is C21H16F6OSi. The second-order valence-corrected chi connectivity index (χ2v) is 7.20. The molecule has 0 radical (unpaired) electrons. The van der Waals surface area contributed by atoms with Crippen LogP contribution >= 0.6 is 0 Å². The molecule has 0 N–H and O–H groups in total. The summed E-state index contributed by atoms with van der Waals surface area (Å²) in [4.78, 5) is 0. The number of rotatable bonds is 5. The first kappa shape index (κ1) is 21.0. The lowest BCUT2D eigenvalue weighted by Crippen LogP contribution is -2.25. The lowest BCUT2D eigenvalue weighted by Gasteiger charge is -2.20. The summed E-state index contributed by atoms with van der Waals surface area (Å²) in [5.74, 6) is -6.21. The Balaban J connectivity index is 1.97. The summed E-state index contributed by atoms with van der Waals surface area (Å²) in [7, 11) is 0.958. The number of hydrogen-bond donors (Lipinski definition) is 0. The van der Waals surface area contributed by atoms with E-state index in [4.69, 9.17) is 0 Å². The molecule has 0 amide bonds. The molecule has 0 bridgehead atoms. The minimum absolute atomic E-state index is 0.0758. The van der Waals surface area contributed by atoms with Crippen LogP contribution < -0.4 is 4.74 Å². The van der Waals surface area contributed by atoms with Gasteiger partial charge in [-0.15, -0.1) is 0 Å². The normalized spacial score (nSPS) is 11.7. The molecule has 152 valence electrons. The Labute approximate surface area is 166 Å². The fourth-order valence-corrected chi connectivity index (χ4v) is 3.30. The molecule has 0 aliphatic carbocycles. The summed E-state index contributed by atoms with van der Waals surface area (Å²) in [5, 5.41) is 0. The van der Waals surface area contributed by atoms with E-state index in [0.717, 1.165) is 40.9 Å². The summed E-state index contributed by atoms with van der Waals surface area (Å²) >= 11 is 0. The largest absolute Gasteiger partial charge is 0.432 e. The van der Waals surface area contributed by atoms with E-state index < -0.39 is 40.7 Å². The lowest BCUT2D eigenvalue weighted by molar-refractivity contribution is -0.189. The van der Waals surface area contributed by atoms with Gasteiger partial charge in [0.05, 0.1) is 0 Å². The number of benzene rings is 3. The predicted octanol–water partition coefficient (Wildman–Crippen LogP) is 5.21. The zero-order valence-electron chi connectivity index (χ0n) is 15.5. The highest BCUT2D eigenvalue weighted by molar-refractivity contribution is 6.08. The van der Waals surface area contributed by atoms with Crippen molar-refractivity contribution in [3.8, 4) is 16.9 Å². The van der Waals surface area contributed by atoms with Crippen molar-refractivity contribution in [3.05, 3.63) is 88.5 Å². The first-order chi connectivity index (χ1) is 13.6. The summed E-state index contributed by atoms with van der Waals surface area (Å²) in [6.45, 7) is 1.11. The lowest BCUT2D eigenvalue weighted by atomic mass is 10.0. The smallest absolute Gasteiger partial charge is 0.429 e. The zero-order chi connectivity index (χ0) is 21.3. The molecule has 1 nitrogen and oxygen atoms in total. The minimum Gasteiger partial charge on any atom is -0.429 e. The Hall–Kier alpha value is -2.74. The van der Waals surface area contributed by atoms with E-state index in [1.807, 2.05) is 0 Å². The van der Waals surface area contributed by atoms with E-state index in [-0.39, 0.29) is 11.1 Å². The van der Waals surface area contributed by atoms with Crippen LogP contribution in [0, 0.1) is 30.2 Å². The standard InChI is InChI=1S/C21H16F6OSi/c1-11-16(22)8-15(9-17(11)23)28-21(26,27)20-18(24)6-14(7-19(20)25)13-4-2-12(10-29)3-5-13/h2-9H,10H2,1,29H3. The van der Waals surface area contributed by atoms with Crippen LogP contribution in [0.4, 0.5) is 26.3 Å². The fourth-order valence-electron chi connectivity index (χ4n) is 2.83. The van der Waals surface area contributed by atoms with Crippen molar-refractivity contribution in [2.24, 2.45) is 0 Å². The average Bonchev–Trinajstić information content (AvgIpc) is 2.65. The quantitative estimate of drug-likeness (QED) is 0.402. The van der Waals surface area contributed by atoms with Crippen molar-refractivity contribution in [1.82, 2.24) is 0 Å². The van der Waals surface area contributed by atoms with Crippen molar-refractivity contribution < 1.29 is 31.1 Å². The van der Waals surface area contributed by atoms with Crippen LogP contribution in [0.1, 0.15) is 16.7 Å². The molecule has 3 rings (SSSR count). The maximum atomic E-state index is 14.4. The van der Waals surface area contributed by atoms with E-state index in [0.29, 0.717) is 17.7 Å². The Morgan fingerprint density at radius 2 is 1.31 bits per heavy atom. The molecule has 0 aromatic heterocycles. The maximum absolute atomic E-state index is 14.4. The molecule has 0 aliphatic heterocycles. The molecule has 3 aromatic rings. The molecule has 0 fully saturated rings. The van der Waals surface area contributed by atoms with E-state index in [2.05, 4.69) is 4.74 Å². The van der Waals surface area contributed by atoms with Gasteiger partial charge in [0.25, 0.3) is 0 Å². The Kier molecular flexibility index (Phi) is 5.75. The average molecular weight is 426 g/mol. The van der Waals surface area contributed by atoms with Crippen molar-refractivity contribution >= 4 is 10.2 Å². The molecule has 0 aliphatic rings. The number of alkyl halides is 2. The molecule has 0 heterocycles. The minimum atomic E-state index is -4.49. The molecular weight excluding hydrogens is 410 g/mol. The fraction of sp³-hybridized carbons (Fsp3) is 0.143. The van der Waals surface area contributed by atoms with Gasteiger partial charge in [0.15, 0.2) is 0 Å². The molecule has 8 heteroatoms. The monoisotopic (exact) mass is 426 g/mol. The van der Waals surface area contributed by atoms with Crippen LogP contribution in [0.25, 0.3) is 11.1 Å². The van der Waals surface area contributed by atoms with Crippen LogP contribution in [0.15, 0.2) is 48.5 Å². The first-order valence-electron chi connectivity index (χ1n) is 8.73. The van der Waals surface area contributed by atoms with Crippen LogP contribution in [0.2, 0.25) is 0 Å². The third-order valence-corrected chi connectivity index (χ3v) is 5.35. The Morgan fingerprint density at radius 1 is 0.793 bits per heavy atom. The van der Waals surface area contributed by atoms with Crippen LogP contribution in [0.5, 0.6) is 5.75 Å². The van der Waals surface area contributed by atoms with Gasteiger partial charge in [0.1, 0.15) is 34.6 Å². The summed E-state index contributed by atoms with van der Waals surface area (Å²) in [6, 6.07) is 10.4. The van der Waals surface area contributed by atoms with Gasteiger partial charge in [-0.1, -0.05) is 29.8 Å². The summed E-state index contributed by atoms with van der Waals surface area (Å²) < 4.78 is 89.0. The van der Waals surface area contributed by atoms with Crippen LogP contribution in [0.3, 0.4) is 0 Å². The highest BCUT2D eigenvalue weighted by atomic mass is 28.1. The van der Waals surface area contributed by atoms with E-state index >= 15 is 0 Å². The van der Waals surface area contributed by atoms with Crippen LogP contribution in [-0.4, -0.2) is 10.2 Å². The Morgan fingerprint density at radius 3 is 1.79 bits per heavy atom. The van der Waals surface area contributed by atoms with Crippen molar-refractivity contribution in [2.45, 2.75) is 19.1 Å². The van der Waals surface area contributed by atoms with Gasteiger partial charge in [-0.05, 0) is 36.2 Å². The molecule has 0 atom stereocenters. The first-order valence-corrected chi connectivity index (χ1v) is 10.1. The maximum Gasteiger partial charge on any atom is 0.432 e. The number of ether oxygens (including phenoxy) is 1. The second-order valence-electron chi connectivity index (χ2n) is 6.50. The highest BCUT2D eigenvalue weighted by Crippen LogP contribution is 2.37. The van der Waals surface area contributed by atoms with Gasteiger partial charge in [-0.25, -0.2) is 17.6 Å². The van der Waals surface area contributed by atoms with Gasteiger partial charge in [0.2, 0.25) is 0 Å². The third-order valence-electron chi connectivity index (χ3n) is 4.53. The topological polar surface area (TPSA) is 9.23 Å². The second kappa shape index (κ2) is 7.94. The Bertz CT molecular complexity index is 1000. The third kappa shape index (κ3) is 4.32. The highest BCUT2D eigenvalue weighted by Gasteiger charge is 2.41. The molecule has 0 unspecified atom stereocenters. The molecule has 29 heavy (non-hydrogen) atoms. The van der Waals surface area contributed by atoms with Gasteiger partial charge in [-0.2, -0.15) is 8.78 Å². The SMILES string of the molecule is Cc1c(F)cc(OC(F)(F)c2c(F)cc(-c3ccc(C[SiH3])cc3)cc2F)cc1F. The molecule has 0 saturated heterocycles. The van der Waals surface area contributed by atoms with E-state index in [1.165, 1.54) is 0 Å². The summed E-state index contributed by atoms with van der Waals surface area (Å²) in [6.07, 6.45) is -4.49.